The molecule has 0 saturated carbocycles. The molecule has 1 aromatic carbocycles. The number of ether oxygens (including phenoxy) is 2. The lowest BCUT2D eigenvalue weighted by atomic mass is 10.00. The first-order chi connectivity index (χ1) is 17.3. The first-order valence-electron chi connectivity index (χ1n) is 11.6. The number of aryl methyl sites for hydroxylation is 2. The van der Waals surface area contributed by atoms with Crippen LogP contribution in [0.5, 0.6) is 5.75 Å². The molecule has 36 heavy (non-hydrogen) atoms. The minimum absolute atomic E-state index is 0.188. The van der Waals surface area contributed by atoms with Gasteiger partial charge >= 0.3 is 6.09 Å². The van der Waals surface area contributed by atoms with E-state index in [2.05, 4.69) is 21.9 Å². The van der Waals surface area contributed by atoms with Crippen LogP contribution >= 0.6 is 0 Å². The van der Waals surface area contributed by atoms with Crippen LogP contribution in [0.4, 0.5) is 13.6 Å². The maximum absolute atomic E-state index is 14.9. The zero-order chi connectivity index (χ0) is 26.2. The average Bonchev–Trinajstić information content (AvgIpc) is 3.45. The Morgan fingerprint density at radius 1 is 1.28 bits per heavy atom. The molecule has 0 unspecified atom stereocenters. The van der Waals surface area contributed by atoms with Gasteiger partial charge in [-0.1, -0.05) is 13.0 Å². The Bertz CT molecular complexity index is 1220. The van der Waals surface area contributed by atoms with Gasteiger partial charge in [0.05, 0.1) is 19.4 Å². The van der Waals surface area contributed by atoms with E-state index < -0.39 is 17.7 Å². The van der Waals surface area contributed by atoms with Gasteiger partial charge in [-0.2, -0.15) is 10.2 Å². The van der Waals surface area contributed by atoms with Gasteiger partial charge in [0.25, 0.3) is 0 Å². The minimum atomic E-state index is -0.821. The maximum atomic E-state index is 14.9. The Kier molecular flexibility index (Phi) is 9.13. The molecule has 1 N–H and O–H groups in total. The lowest BCUT2D eigenvalue weighted by Crippen LogP contribution is -2.42. The topological polar surface area (TPSA) is 85.3 Å². The number of benzene rings is 1. The number of nitrogens with zero attached hydrogens (tertiary/aromatic N) is 4. The highest BCUT2D eigenvalue weighted by molar-refractivity contribution is 5.86. The Balaban J connectivity index is 0.00000115. The third-order valence-electron chi connectivity index (χ3n) is 5.46. The van der Waals surface area contributed by atoms with Crippen LogP contribution in [0.25, 0.3) is 22.9 Å². The number of hydrogen-bond acceptors (Lipinski definition) is 5. The number of allylic oxidation sites excluding steroid dienone is 2. The summed E-state index contributed by atoms with van der Waals surface area (Å²) < 4.78 is 41.9. The number of rotatable bonds is 5. The van der Waals surface area contributed by atoms with Gasteiger partial charge in [-0.3, -0.25) is 9.78 Å². The summed E-state index contributed by atoms with van der Waals surface area (Å²) in [5, 5.41) is 11.5. The average molecular weight is 500 g/mol. The van der Waals surface area contributed by atoms with E-state index >= 15 is 0 Å². The summed E-state index contributed by atoms with van der Waals surface area (Å²) in [6.07, 6.45) is 6.95. The number of aromatic amines is 1. The van der Waals surface area contributed by atoms with Crippen molar-refractivity contribution >= 4 is 17.7 Å². The fourth-order valence-corrected chi connectivity index (χ4v) is 3.76. The molecule has 1 aliphatic rings. The minimum Gasteiger partial charge on any atom is -0.410 e. The first-order valence-corrected chi connectivity index (χ1v) is 11.6. The Labute approximate surface area is 209 Å². The molecule has 1 amide bonds. The lowest BCUT2D eigenvalue weighted by Gasteiger charge is -2.25. The van der Waals surface area contributed by atoms with E-state index in [1.165, 1.54) is 4.90 Å². The molecule has 10 heteroatoms. The molecule has 0 radical (unpaired) electrons. The molecule has 2 aromatic heterocycles. The van der Waals surface area contributed by atoms with Gasteiger partial charge in [0.2, 0.25) is 0 Å². The number of aromatic nitrogens is 4. The zero-order valence-corrected chi connectivity index (χ0v) is 21.0. The van der Waals surface area contributed by atoms with Gasteiger partial charge < -0.3 is 14.4 Å². The second-order valence-electron chi connectivity index (χ2n) is 8.19. The molecule has 0 atom stereocenters. The van der Waals surface area contributed by atoms with E-state index in [1.54, 1.807) is 37.0 Å². The van der Waals surface area contributed by atoms with Crippen molar-refractivity contribution in [2.24, 2.45) is 7.05 Å². The first kappa shape index (κ1) is 26.8. The summed E-state index contributed by atoms with van der Waals surface area (Å²) in [5.41, 5.74) is 3.20. The van der Waals surface area contributed by atoms with Gasteiger partial charge in [0, 0.05) is 60.9 Å². The van der Waals surface area contributed by atoms with Crippen LogP contribution in [-0.4, -0.2) is 57.3 Å². The summed E-state index contributed by atoms with van der Waals surface area (Å²) in [4.78, 5) is 13.7. The third-order valence-corrected chi connectivity index (χ3v) is 5.46. The molecule has 0 aliphatic carbocycles. The number of halogens is 2. The van der Waals surface area contributed by atoms with Crippen LogP contribution in [0.15, 0.2) is 37.2 Å². The highest BCUT2D eigenvalue weighted by atomic mass is 19.1. The van der Waals surface area contributed by atoms with Crippen LogP contribution < -0.4 is 4.74 Å². The van der Waals surface area contributed by atoms with Crippen molar-refractivity contribution in [1.29, 1.82) is 0 Å². The summed E-state index contributed by atoms with van der Waals surface area (Å²) in [7, 11) is 1.80. The van der Waals surface area contributed by atoms with Crippen molar-refractivity contribution in [1.82, 2.24) is 24.9 Å². The molecular formula is C26H31F2N5O3. The summed E-state index contributed by atoms with van der Waals surface area (Å²) >= 11 is 0. The molecule has 8 nitrogen and oxygen atoms in total. The Morgan fingerprint density at radius 3 is 2.47 bits per heavy atom. The second kappa shape index (κ2) is 12.3. The fourth-order valence-electron chi connectivity index (χ4n) is 3.76. The van der Waals surface area contributed by atoms with Crippen molar-refractivity contribution in [3.63, 3.8) is 0 Å². The maximum Gasteiger partial charge on any atom is 0.415 e. The third kappa shape index (κ3) is 6.25. The molecule has 3 aromatic rings. The van der Waals surface area contributed by atoms with E-state index in [1.807, 2.05) is 20.0 Å². The summed E-state index contributed by atoms with van der Waals surface area (Å²) in [6.45, 7) is 10.4. The number of hydrogen-bond donors (Lipinski definition) is 1. The van der Waals surface area contributed by atoms with E-state index in [4.69, 9.17) is 9.47 Å². The van der Waals surface area contributed by atoms with Crippen LogP contribution in [-0.2, 0) is 18.2 Å². The predicted molar refractivity (Wildman–Crippen MR) is 134 cm³/mol. The van der Waals surface area contributed by atoms with Crippen LogP contribution in [0.2, 0.25) is 0 Å². The SMILES string of the molecule is C=CC.CCc1[nH]nc(-c2cnn(C)c2)c1/C=C(\C)c1c(F)cc(OC(=O)N2CCOCC2)cc1F. The summed E-state index contributed by atoms with van der Waals surface area (Å²) in [6, 6.07) is 2.04. The van der Waals surface area contributed by atoms with Crippen molar-refractivity contribution in [3.8, 4) is 17.0 Å². The number of morpholine rings is 1. The number of H-pyrrole nitrogens is 1. The van der Waals surface area contributed by atoms with Crippen LogP contribution in [0, 0.1) is 11.6 Å². The highest BCUT2D eigenvalue weighted by Gasteiger charge is 2.22. The van der Waals surface area contributed by atoms with Crippen molar-refractivity contribution in [2.75, 3.05) is 26.3 Å². The Morgan fingerprint density at radius 2 is 1.92 bits per heavy atom. The van der Waals surface area contributed by atoms with Crippen molar-refractivity contribution in [3.05, 3.63) is 65.6 Å². The molecule has 1 aliphatic heterocycles. The molecule has 0 bridgehead atoms. The van der Waals surface area contributed by atoms with Gasteiger partial charge in [-0.15, -0.1) is 6.58 Å². The fraction of sp³-hybridized carbons (Fsp3) is 0.346. The van der Waals surface area contributed by atoms with Gasteiger partial charge in [0.1, 0.15) is 23.1 Å². The smallest absolute Gasteiger partial charge is 0.410 e. The van der Waals surface area contributed by atoms with Crippen molar-refractivity contribution in [2.45, 2.75) is 27.2 Å². The van der Waals surface area contributed by atoms with Gasteiger partial charge in [-0.05, 0) is 31.9 Å². The lowest BCUT2D eigenvalue weighted by molar-refractivity contribution is 0.0415. The van der Waals surface area contributed by atoms with Crippen LogP contribution in [0.1, 0.15) is 37.6 Å². The number of carbonyl (C=O) groups excluding carboxylic acids is 1. The molecule has 0 spiro atoms. The Hall–Kier alpha value is -3.79. The standard InChI is InChI=1S/C23H25F2N5O3.C3H6/c1-4-20-17(22(28-27-20)15-12-26-29(3)13-15)9-14(2)21-18(24)10-16(11-19(21)25)33-23(31)30-5-7-32-8-6-30;1-3-2/h9-13H,4-8H2,1-3H3,(H,27,28);3H,1H2,2H3/b14-9+;. The number of amides is 1. The molecular weight excluding hydrogens is 468 g/mol. The van der Waals surface area contributed by atoms with E-state index in [-0.39, 0.29) is 11.3 Å². The molecule has 1 saturated heterocycles. The molecule has 4 rings (SSSR count). The largest absolute Gasteiger partial charge is 0.415 e. The summed E-state index contributed by atoms with van der Waals surface area (Å²) in [5.74, 6) is -1.83. The predicted octanol–water partition coefficient (Wildman–Crippen LogP) is 5.23. The quantitative estimate of drug-likeness (QED) is 0.486. The van der Waals surface area contributed by atoms with Crippen molar-refractivity contribution < 1.29 is 23.0 Å². The molecule has 192 valence electrons. The van der Waals surface area contributed by atoms with E-state index in [0.29, 0.717) is 44.0 Å². The zero-order valence-electron chi connectivity index (χ0n) is 21.0. The van der Waals surface area contributed by atoms with Crippen LogP contribution in [0.3, 0.4) is 0 Å². The molecule has 1 fully saturated rings. The normalized spacial score (nSPS) is 13.7. The van der Waals surface area contributed by atoms with E-state index in [0.717, 1.165) is 29.0 Å². The number of nitrogens with one attached hydrogen (secondary N) is 1. The molecule has 3 heterocycles. The number of carbonyl (C=O) groups is 1. The monoisotopic (exact) mass is 499 g/mol. The highest BCUT2D eigenvalue weighted by Crippen LogP contribution is 2.32. The van der Waals surface area contributed by atoms with E-state index in [9.17, 15) is 13.6 Å². The van der Waals surface area contributed by atoms with Gasteiger partial charge in [-0.25, -0.2) is 13.6 Å². The second-order valence-corrected chi connectivity index (χ2v) is 8.19. The van der Waals surface area contributed by atoms with Gasteiger partial charge in [0.15, 0.2) is 0 Å².